The highest BCUT2D eigenvalue weighted by atomic mass is 79.9. The zero-order chi connectivity index (χ0) is 17.7. The summed E-state index contributed by atoms with van der Waals surface area (Å²) in [6, 6.07) is 11.0. The van der Waals surface area contributed by atoms with Crippen LogP contribution in [0.15, 0.2) is 51.9 Å². The van der Waals surface area contributed by atoms with Gasteiger partial charge in [-0.15, -0.1) is 0 Å². The van der Waals surface area contributed by atoms with E-state index in [1.807, 2.05) is 30.3 Å². The van der Waals surface area contributed by atoms with E-state index in [2.05, 4.69) is 26.8 Å². The Kier molecular flexibility index (Phi) is 5.92. The monoisotopic (exact) mass is 391 g/mol. The molecule has 0 bridgehead atoms. The number of nitrogens with zero attached hydrogens (tertiary/aromatic N) is 1. The number of halogens is 1. The summed E-state index contributed by atoms with van der Waals surface area (Å²) in [5.74, 6) is -1.30. The van der Waals surface area contributed by atoms with Gasteiger partial charge in [-0.05, 0) is 34.0 Å². The molecule has 0 radical (unpaired) electrons. The second kappa shape index (κ2) is 7.92. The van der Waals surface area contributed by atoms with E-state index in [-0.39, 0.29) is 17.4 Å². The molecule has 2 amide bonds. The highest BCUT2D eigenvalue weighted by Crippen LogP contribution is 2.09. The average Bonchev–Trinajstić information content (AvgIpc) is 2.56. The average molecular weight is 392 g/mol. The molecule has 1 heterocycles. The summed E-state index contributed by atoms with van der Waals surface area (Å²) in [5, 5.41) is 0. The van der Waals surface area contributed by atoms with E-state index in [0.717, 1.165) is 5.56 Å². The SMILES string of the molecule is C[C@@H](Cc1ccccc1)C(=O)NNC(=O)c1cc(Br)cn(C)c1=O. The van der Waals surface area contributed by atoms with Crippen molar-refractivity contribution in [2.45, 2.75) is 13.3 Å². The number of carbonyl (C=O) groups is 2. The molecule has 2 rings (SSSR count). The number of nitrogens with one attached hydrogen (secondary N) is 2. The van der Waals surface area contributed by atoms with Gasteiger partial charge in [0.1, 0.15) is 5.56 Å². The van der Waals surface area contributed by atoms with Crippen molar-refractivity contribution in [2.75, 3.05) is 0 Å². The number of carbonyl (C=O) groups excluding carboxylic acids is 2. The quantitative estimate of drug-likeness (QED) is 0.779. The number of benzene rings is 1. The van der Waals surface area contributed by atoms with Gasteiger partial charge in [0, 0.05) is 23.6 Å². The first-order chi connectivity index (χ1) is 11.4. The molecule has 7 heteroatoms. The van der Waals surface area contributed by atoms with Gasteiger partial charge >= 0.3 is 0 Å². The summed E-state index contributed by atoms with van der Waals surface area (Å²) in [7, 11) is 1.55. The van der Waals surface area contributed by atoms with Gasteiger partial charge < -0.3 is 4.57 Å². The Morgan fingerprint density at radius 2 is 1.88 bits per heavy atom. The maximum Gasteiger partial charge on any atom is 0.275 e. The molecule has 0 spiro atoms. The Hall–Kier alpha value is -2.41. The summed E-state index contributed by atoms with van der Waals surface area (Å²) in [4.78, 5) is 36.1. The summed E-state index contributed by atoms with van der Waals surface area (Å²) < 4.78 is 1.89. The first-order valence-corrected chi connectivity index (χ1v) is 8.18. The van der Waals surface area contributed by atoms with Crippen LogP contribution in [0, 0.1) is 5.92 Å². The molecule has 2 aromatic rings. The van der Waals surface area contributed by atoms with Crippen LogP contribution in [0.1, 0.15) is 22.8 Å². The predicted molar refractivity (Wildman–Crippen MR) is 94.3 cm³/mol. The summed E-state index contributed by atoms with van der Waals surface area (Å²) in [5.41, 5.74) is 5.19. The first kappa shape index (κ1) is 17.9. The lowest BCUT2D eigenvalue weighted by molar-refractivity contribution is -0.125. The minimum atomic E-state index is -0.655. The standard InChI is InChI=1S/C17H18BrN3O3/c1-11(8-12-6-4-3-5-7-12)15(22)19-20-16(23)14-9-13(18)10-21(2)17(14)24/h3-7,9-11H,8H2,1-2H3,(H,19,22)(H,20,23)/t11-/m0/s1. The van der Waals surface area contributed by atoms with Crippen molar-refractivity contribution in [3.8, 4) is 0 Å². The molecular weight excluding hydrogens is 374 g/mol. The molecule has 1 atom stereocenters. The normalized spacial score (nSPS) is 11.6. The Morgan fingerprint density at radius 3 is 2.54 bits per heavy atom. The topological polar surface area (TPSA) is 80.2 Å². The molecule has 0 saturated carbocycles. The number of rotatable bonds is 4. The molecule has 0 fully saturated rings. The predicted octanol–water partition coefficient (Wildman–Crippen LogP) is 1.79. The molecule has 24 heavy (non-hydrogen) atoms. The Balaban J connectivity index is 1.96. The fourth-order valence-electron chi connectivity index (χ4n) is 2.20. The van der Waals surface area contributed by atoms with Crippen LogP contribution in [0.25, 0.3) is 0 Å². The van der Waals surface area contributed by atoms with Crippen molar-refractivity contribution in [3.63, 3.8) is 0 Å². The second-order valence-corrected chi connectivity index (χ2v) is 6.44. The van der Waals surface area contributed by atoms with Crippen molar-refractivity contribution in [1.29, 1.82) is 0 Å². The van der Waals surface area contributed by atoms with Gasteiger partial charge in [0.25, 0.3) is 11.5 Å². The fraction of sp³-hybridized carbons (Fsp3) is 0.235. The van der Waals surface area contributed by atoms with Crippen molar-refractivity contribution >= 4 is 27.7 Å². The molecule has 1 aromatic carbocycles. The highest BCUT2D eigenvalue weighted by Gasteiger charge is 2.17. The van der Waals surface area contributed by atoms with Crippen molar-refractivity contribution < 1.29 is 9.59 Å². The maximum atomic E-state index is 12.1. The Labute approximate surface area is 148 Å². The van der Waals surface area contributed by atoms with E-state index in [1.165, 1.54) is 10.6 Å². The number of aromatic nitrogens is 1. The smallest absolute Gasteiger partial charge is 0.275 e. The van der Waals surface area contributed by atoms with Gasteiger partial charge in [-0.3, -0.25) is 25.2 Å². The largest absolute Gasteiger partial charge is 0.317 e. The van der Waals surface area contributed by atoms with Gasteiger partial charge in [-0.1, -0.05) is 37.3 Å². The lowest BCUT2D eigenvalue weighted by atomic mass is 10.0. The van der Waals surface area contributed by atoms with Crippen LogP contribution in [0.2, 0.25) is 0 Å². The van der Waals surface area contributed by atoms with Gasteiger partial charge in [0.05, 0.1) is 0 Å². The van der Waals surface area contributed by atoms with Crippen LogP contribution < -0.4 is 16.4 Å². The highest BCUT2D eigenvalue weighted by molar-refractivity contribution is 9.10. The lowest BCUT2D eigenvalue weighted by Gasteiger charge is -2.13. The van der Waals surface area contributed by atoms with Crippen molar-refractivity contribution in [2.24, 2.45) is 13.0 Å². The fourth-order valence-corrected chi connectivity index (χ4v) is 2.74. The Bertz CT molecular complexity index is 802. The van der Waals surface area contributed by atoms with Crippen LogP contribution >= 0.6 is 15.9 Å². The summed E-state index contributed by atoms with van der Waals surface area (Å²) in [6.07, 6.45) is 2.11. The number of amides is 2. The summed E-state index contributed by atoms with van der Waals surface area (Å²) >= 11 is 3.23. The van der Waals surface area contributed by atoms with Crippen LogP contribution in [0.5, 0.6) is 0 Å². The van der Waals surface area contributed by atoms with Gasteiger partial charge in [-0.2, -0.15) is 0 Å². The summed E-state index contributed by atoms with van der Waals surface area (Å²) in [6.45, 7) is 1.77. The third-order valence-electron chi connectivity index (χ3n) is 3.53. The van der Waals surface area contributed by atoms with Gasteiger partial charge in [0.2, 0.25) is 5.91 Å². The minimum absolute atomic E-state index is 0.0529. The van der Waals surface area contributed by atoms with E-state index in [9.17, 15) is 14.4 Å². The van der Waals surface area contributed by atoms with Crippen LogP contribution in [0.4, 0.5) is 0 Å². The molecule has 1 aromatic heterocycles. The molecule has 6 nitrogen and oxygen atoms in total. The molecule has 2 N–H and O–H groups in total. The van der Waals surface area contributed by atoms with Crippen LogP contribution in [-0.4, -0.2) is 16.4 Å². The third kappa shape index (κ3) is 4.55. The number of hydrazine groups is 1. The van der Waals surface area contributed by atoms with Gasteiger partial charge in [-0.25, -0.2) is 0 Å². The molecule has 0 unspecified atom stereocenters. The van der Waals surface area contributed by atoms with Gasteiger partial charge in [0.15, 0.2) is 0 Å². The second-order valence-electron chi connectivity index (χ2n) is 5.52. The van der Waals surface area contributed by atoms with E-state index in [1.54, 1.807) is 20.2 Å². The van der Waals surface area contributed by atoms with Crippen LogP contribution in [-0.2, 0) is 18.3 Å². The minimum Gasteiger partial charge on any atom is -0.317 e. The van der Waals surface area contributed by atoms with E-state index in [0.29, 0.717) is 10.9 Å². The number of hydrogen-bond acceptors (Lipinski definition) is 3. The number of aryl methyl sites for hydroxylation is 1. The number of pyridine rings is 1. The van der Waals surface area contributed by atoms with E-state index < -0.39 is 11.5 Å². The Morgan fingerprint density at radius 1 is 1.21 bits per heavy atom. The zero-order valence-electron chi connectivity index (χ0n) is 13.4. The van der Waals surface area contributed by atoms with E-state index >= 15 is 0 Å². The third-order valence-corrected chi connectivity index (χ3v) is 3.96. The van der Waals surface area contributed by atoms with Crippen molar-refractivity contribution in [1.82, 2.24) is 15.4 Å². The first-order valence-electron chi connectivity index (χ1n) is 7.38. The molecule has 0 aliphatic carbocycles. The molecule has 0 saturated heterocycles. The molecule has 0 aliphatic heterocycles. The lowest BCUT2D eigenvalue weighted by Crippen LogP contribution is -2.46. The molecular formula is C17H18BrN3O3. The maximum absolute atomic E-state index is 12.1. The van der Waals surface area contributed by atoms with Crippen molar-refractivity contribution in [3.05, 3.63) is 68.5 Å². The molecule has 0 aliphatic rings. The van der Waals surface area contributed by atoms with Crippen LogP contribution in [0.3, 0.4) is 0 Å². The molecule has 126 valence electrons. The number of hydrogen-bond donors (Lipinski definition) is 2. The van der Waals surface area contributed by atoms with E-state index in [4.69, 9.17) is 0 Å². The zero-order valence-corrected chi connectivity index (χ0v) is 15.0.